The van der Waals surface area contributed by atoms with Crippen molar-refractivity contribution in [2.45, 2.75) is 9.79 Å². The second-order valence-electron chi connectivity index (χ2n) is 3.99. The van der Waals surface area contributed by atoms with Crippen LogP contribution in [0, 0.1) is 20.2 Å². The molecule has 2 aromatic carbocycles. The molecule has 10 heteroatoms. The smallest absolute Gasteiger partial charge is 0.258 e. The average molecular weight is 340 g/mol. The van der Waals surface area contributed by atoms with Crippen LogP contribution in [0.5, 0.6) is 0 Å². The van der Waals surface area contributed by atoms with Crippen molar-refractivity contribution in [3.05, 3.63) is 68.8 Å². The van der Waals surface area contributed by atoms with Gasteiger partial charge in [-0.1, -0.05) is 24.3 Å². The maximum Gasteiger partial charge on any atom is 0.288 e. The molecule has 0 heterocycles. The Kier molecular flexibility index (Phi) is 4.43. The molecule has 114 valence electrons. The first-order valence-corrected chi connectivity index (χ1v) is 8.56. The van der Waals surface area contributed by atoms with Crippen molar-refractivity contribution in [3.63, 3.8) is 0 Å². The van der Waals surface area contributed by atoms with Crippen LogP contribution in [0.15, 0.2) is 58.3 Å². The molecule has 2 rings (SSSR count). The normalized spacial score (nSPS) is 11.1. The Bertz CT molecular complexity index is 850. The molecule has 0 N–H and O–H groups in total. The molecule has 22 heavy (non-hydrogen) atoms. The van der Waals surface area contributed by atoms with Gasteiger partial charge in [0.1, 0.15) is 4.90 Å². The summed E-state index contributed by atoms with van der Waals surface area (Å²) in [6.07, 6.45) is 0. The highest BCUT2D eigenvalue weighted by Gasteiger charge is 2.29. The molecule has 0 aromatic heterocycles. The lowest BCUT2D eigenvalue weighted by Crippen LogP contribution is -2.01. The predicted octanol–water partition coefficient (Wildman–Crippen LogP) is 2.98. The molecule has 0 amide bonds. The van der Waals surface area contributed by atoms with Crippen molar-refractivity contribution in [3.8, 4) is 0 Å². The van der Waals surface area contributed by atoms with Crippen molar-refractivity contribution in [2.75, 3.05) is 0 Å². The number of nitro groups is 2. The third-order valence-electron chi connectivity index (χ3n) is 2.59. The Morgan fingerprint density at radius 3 is 1.91 bits per heavy atom. The zero-order valence-corrected chi connectivity index (χ0v) is 12.4. The average Bonchev–Trinajstić information content (AvgIpc) is 2.47. The Labute approximate surface area is 128 Å². The van der Waals surface area contributed by atoms with Gasteiger partial charge >= 0.3 is 0 Å². The van der Waals surface area contributed by atoms with E-state index < -0.39 is 29.3 Å². The van der Waals surface area contributed by atoms with Gasteiger partial charge in [0.15, 0.2) is 4.90 Å². The van der Waals surface area contributed by atoms with Crippen molar-refractivity contribution < 1.29 is 18.3 Å². The van der Waals surface area contributed by atoms with Gasteiger partial charge in [0.25, 0.3) is 11.4 Å². The number of para-hydroxylation sites is 2. The molecule has 0 radical (unpaired) electrons. The third kappa shape index (κ3) is 3.23. The maximum absolute atomic E-state index is 12.3. The van der Waals surface area contributed by atoms with Gasteiger partial charge in [-0.3, -0.25) is 20.2 Å². The highest BCUT2D eigenvalue weighted by Crippen LogP contribution is 2.39. The number of nitrogens with zero attached hydrogens (tertiary/aromatic N) is 2. The summed E-state index contributed by atoms with van der Waals surface area (Å²) in [4.78, 5) is 19.7. The summed E-state index contributed by atoms with van der Waals surface area (Å²) < 4.78 is 24.7. The van der Waals surface area contributed by atoms with E-state index >= 15 is 0 Å². The summed E-state index contributed by atoms with van der Waals surface area (Å²) >= 11 is 0. The summed E-state index contributed by atoms with van der Waals surface area (Å²) in [6.45, 7) is 0. The molecular weight excluding hydrogens is 332 g/mol. The zero-order valence-electron chi connectivity index (χ0n) is 10.8. The molecule has 0 spiro atoms. The first-order valence-electron chi connectivity index (χ1n) is 5.74. The molecule has 8 nitrogen and oxygen atoms in total. The molecule has 0 atom stereocenters. The van der Waals surface area contributed by atoms with E-state index in [4.69, 9.17) is 0 Å². The van der Waals surface area contributed by atoms with Crippen LogP contribution in [0.25, 0.3) is 0 Å². The minimum atomic E-state index is -4.17. The molecular formula is C12H8N2O6S2. The van der Waals surface area contributed by atoms with Crippen molar-refractivity contribution in [1.29, 1.82) is 0 Å². The van der Waals surface area contributed by atoms with Crippen LogP contribution in [0.2, 0.25) is 0 Å². The van der Waals surface area contributed by atoms with Gasteiger partial charge < -0.3 is 0 Å². The van der Waals surface area contributed by atoms with E-state index in [0.29, 0.717) is 0 Å². The van der Waals surface area contributed by atoms with E-state index in [0.717, 1.165) is 18.2 Å². The lowest BCUT2D eigenvalue weighted by Gasteiger charge is -2.05. The summed E-state index contributed by atoms with van der Waals surface area (Å²) in [5.74, 6) is 0. The summed E-state index contributed by atoms with van der Waals surface area (Å²) in [7, 11) is -3.96. The minimum Gasteiger partial charge on any atom is -0.258 e. The van der Waals surface area contributed by atoms with Gasteiger partial charge in [-0.25, -0.2) is 8.42 Å². The molecule has 0 unspecified atom stereocenters. The van der Waals surface area contributed by atoms with Crippen LogP contribution in [0.4, 0.5) is 11.4 Å². The quantitative estimate of drug-likeness (QED) is 0.466. The molecule has 0 saturated carbocycles. The lowest BCUT2D eigenvalue weighted by molar-refractivity contribution is -0.388. The molecule has 0 aliphatic heterocycles. The molecule has 0 aliphatic carbocycles. The number of benzene rings is 2. The van der Waals surface area contributed by atoms with Crippen LogP contribution in [0.3, 0.4) is 0 Å². The largest absolute Gasteiger partial charge is 0.288 e. The maximum atomic E-state index is 12.3. The van der Waals surface area contributed by atoms with Gasteiger partial charge in [0.2, 0.25) is 8.87 Å². The first-order chi connectivity index (χ1) is 10.3. The topological polar surface area (TPSA) is 120 Å². The highest BCUT2D eigenvalue weighted by molar-refractivity contribution is 8.72. The summed E-state index contributed by atoms with van der Waals surface area (Å²) in [6, 6.07) is 10.1. The predicted molar refractivity (Wildman–Crippen MR) is 79.2 cm³/mol. The number of rotatable bonds is 5. The van der Waals surface area contributed by atoms with Crippen molar-refractivity contribution in [1.82, 2.24) is 0 Å². The fourth-order valence-electron chi connectivity index (χ4n) is 1.66. The Morgan fingerprint density at radius 1 is 0.818 bits per heavy atom. The van der Waals surface area contributed by atoms with Gasteiger partial charge in [0, 0.05) is 22.9 Å². The monoisotopic (exact) mass is 340 g/mol. The summed E-state index contributed by atoms with van der Waals surface area (Å²) in [5, 5.41) is 21.8. The second-order valence-corrected chi connectivity index (χ2v) is 7.76. The Balaban J connectivity index is 2.50. The Hall–Kier alpha value is -2.46. The van der Waals surface area contributed by atoms with Crippen LogP contribution >= 0.6 is 10.8 Å². The standard InChI is InChI=1S/C12H8N2O6S2/c15-13(16)9-5-1-3-7-11(9)21-22(19,20)12-8-4-2-6-10(12)14(17)18/h1-8H. The van der Waals surface area contributed by atoms with E-state index in [1.165, 1.54) is 30.3 Å². The van der Waals surface area contributed by atoms with Crippen LogP contribution in [-0.4, -0.2) is 18.3 Å². The fraction of sp³-hybridized carbons (Fsp3) is 0. The Morgan fingerprint density at radius 2 is 1.32 bits per heavy atom. The molecule has 0 fully saturated rings. The van der Waals surface area contributed by atoms with Crippen LogP contribution < -0.4 is 0 Å². The lowest BCUT2D eigenvalue weighted by atomic mass is 10.3. The van der Waals surface area contributed by atoms with Crippen LogP contribution in [-0.2, 0) is 8.87 Å². The molecule has 0 saturated heterocycles. The minimum absolute atomic E-state index is 0.106. The van der Waals surface area contributed by atoms with E-state index in [-0.39, 0.29) is 21.4 Å². The summed E-state index contributed by atoms with van der Waals surface area (Å²) in [5.41, 5.74) is -0.955. The molecule has 0 aliphatic rings. The van der Waals surface area contributed by atoms with E-state index in [9.17, 15) is 28.6 Å². The first kappa shape index (κ1) is 15.9. The van der Waals surface area contributed by atoms with Gasteiger partial charge in [-0.05, 0) is 12.1 Å². The van der Waals surface area contributed by atoms with E-state index in [2.05, 4.69) is 0 Å². The van der Waals surface area contributed by atoms with Crippen molar-refractivity contribution in [2.24, 2.45) is 0 Å². The fourth-order valence-corrected chi connectivity index (χ4v) is 4.82. The van der Waals surface area contributed by atoms with E-state index in [1.807, 2.05) is 0 Å². The SMILES string of the molecule is O=[N+]([O-])c1ccccc1SS(=O)(=O)c1ccccc1[N+](=O)[O-]. The number of hydrogen-bond acceptors (Lipinski definition) is 7. The van der Waals surface area contributed by atoms with Crippen molar-refractivity contribution >= 4 is 31.0 Å². The van der Waals surface area contributed by atoms with Crippen LogP contribution in [0.1, 0.15) is 0 Å². The molecule has 0 bridgehead atoms. The van der Waals surface area contributed by atoms with Gasteiger partial charge in [0.05, 0.1) is 9.85 Å². The van der Waals surface area contributed by atoms with E-state index in [1.54, 1.807) is 0 Å². The molecule has 2 aromatic rings. The highest BCUT2D eigenvalue weighted by atomic mass is 33.1. The second kappa shape index (κ2) is 6.12. The third-order valence-corrected chi connectivity index (χ3v) is 5.96. The number of hydrogen-bond donors (Lipinski definition) is 0. The van der Waals surface area contributed by atoms with Gasteiger partial charge in [-0.15, -0.1) is 0 Å². The number of nitro benzene ring substituents is 2. The van der Waals surface area contributed by atoms with Gasteiger partial charge in [-0.2, -0.15) is 0 Å². The zero-order chi connectivity index (χ0) is 16.3.